The average molecular weight is 591 g/mol. The first-order valence-electron chi connectivity index (χ1n) is 18.3. The van der Waals surface area contributed by atoms with E-state index in [1.165, 1.54) is 70.6 Å². The van der Waals surface area contributed by atoms with Crippen LogP contribution in [-0.2, 0) is 9.59 Å². The lowest BCUT2D eigenvalue weighted by Crippen LogP contribution is -2.71. The standard InChI is InChI=1S/C37H70N2O3/c1-8-9-10-11-12-13-14-15-16-18-36(40)38-23-17-24-39(27-37(41)42,34-25-30(6)19-21-32(34)28(2)3)35-26-31(7)20-22-33(35)29(4)5/h28-35H,8-27H2,1-7H3,(H-,38,40,41,42). The molecule has 1 N–H and O–H groups in total. The zero-order chi connectivity index (χ0) is 31.1. The zero-order valence-electron chi connectivity index (χ0n) is 28.9. The fraction of sp³-hybridized carbons (Fsp3) is 0.946. The van der Waals surface area contributed by atoms with Gasteiger partial charge >= 0.3 is 0 Å². The van der Waals surface area contributed by atoms with E-state index >= 15 is 0 Å². The van der Waals surface area contributed by atoms with Crippen molar-refractivity contribution in [2.45, 2.75) is 170 Å². The van der Waals surface area contributed by atoms with Gasteiger partial charge in [0.15, 0.2) is 0 Å². The second-order valence-corrected chi connectivity index (χ2v) is 15.4. The van der Waals surface area contributed by atoms with Crippen molar-refractivity contribution in [3.8, 4) is 0 Å². The highest BCUT2D eigenvalue weighted by molar-refractivity contribution is 5.75. The molecule has 0 heterocycles. The third-order valence-electron chi connectivity index (χ3n) is 11.3. The van der Waals surface area contributed by atoms with Crippen molar-refractivity contribution in [3.63, 3.8) is 0 Å². The molecule has 2 rings (SSSR count). The largest absolute Gasteiger partial charge is 0.544 e. The lowest BCUT2D eigenvalue weighted by atomic mass is 9.67. The number of rotatable bonds is 20. The maximum absolute atomic E-state index is 12.7. The minimum absolute atomic E-state index is 0.119. The molecule has 2 aliphatic carbocycles. The van der Waals surface area contributed by atoms with Crippen molar-refractivity contribution in [1.82, 2.24) is 5.32 Å². The molecule has 5 nitrogen and oxygen atoms in total. The van der Waals surface area contributed by atoms with Crippen molar-refractivity contribution >= 4 is 11.9 Å². The molecule has 0 aromatic heterocycles. The van der Waals surface area contributed by atoms with E-state index in [-0.39, 0.29) is 12.5 Å². The Morgan fingerprint density at radius 2 is 1.21 bits per heavy atom. The number of carboxylic acids is 1. The Hall–Kier alpha value is -1.10. The summed E-state index contributed by atoms with van der Waals surface area (Å²) in [5.74, 6) is 2.66. The molecule has 6 atom stereocenters. The van der Waals surface area contributed by atoms with Crippen LogP contribution in [0.1, 0.15) is 158 Å². The topological polar surface area (TPSA) is 69.2 Å². The van der Waals surface area contributed by atoms with Crippen LogP contribution in [0.4, 0.5) is 0 Å². The van der Waals surface area contributed by atoms with E-state index in [1.807, 2.05) is 0 Å². The van der Waals surface area contributed by atoms with Gasteiger partial charge in [0.25, 0.3) is 0 Å². The first kappa shape index (κ1) is 37.1. The molecule has 2 saturated carbocycles. The summed E-state index contributed by atoms with van der Waals surface area (Å²) < 4.78 is 0.677. The van der Waals surface area contributed by atoms with E-state index in [2.05, 4.69) is 53.8 Å². The minimum Gasteiger partial charge on any atom is -0.544 e. The van der Waals surface area contributed by atoms with Crippen LogP contribution in [-0.4, -0.2) is 48.1 Å². The summed E-state index contributed by atoms with van der Waals surface area (Å²) in [6, 6.07) is 0.696. The first-order valence-corrected chi connectivity index (χ1v) is 18.3. The average Bonchev–Trinajstić information content (AvgIpc) is 2.93. The smallest absolute Gasteiger partial charge is 0.219 e. The highest BCUT2D eigenvalue weighted by Crippen LogP contribution is 2.47. The van der Waals surface area contributed by atoms with Gasteiger partial charge in [0.1, 0.15) is 6.54 Å². The first-order chi connectivity index (χ1) is 20.0. The summed E-state index contributed by atoms with van der Waals surface area (Å²) in [5.41, 5.74) is 0. The van der Waals surface area contributed by atoms with Gasteiger partial charge < -0.3 is 19.7 Å². The SMILES string of the molecule is CCCCCCCCCCCC(=O)NCCC[N+](CC(=O)[O-])(C1CC(C)CCC1C(C)C)C1CC(C)CCC1C(C)C. The number of carboxylic acid groups (broad SMARTS) is 1. The summed E-state index contributed by atoms with van der Waals surface area (Å²) >= 11 is 0. The molecule has 0 aliphatic heterocycles. The Morgan fingerprint density at radius 1 is 0.738 bits per heavy atom. The van der Waals surface area contributed by atoms with E-state index in [0.717, 1.165) is 38.6 Å². The Kier molecular flexibility index (Phi) is 17.1. The lowest BCUT2D eigenvalue weighted by Gasteiger charge is -2.59. The number of nitrogens with one attached hydrogen (secondary N) is 1. The Balaban J connectivity index is 2.09. The molecule has 0 bridgehead atoms. The van der Waals surface area contributed by atoms with Gasteiger partial charge in [-0.15, -0.1) is 0 Å². The van der Waals surface area contributed by atoms with Gasteiger partial charge in [-0.1, -0.05) is 99.8 Å². The molecule has 2 fully saturated rings. The van der Waals surface area contributed by atoms with Gasteiger partial charge in [0.2, 0.25) is 5.91 Å². The van der Waals surface area contributed by atoms with Crippen molar-refractivity contribution in [3.05, 3.63) is 0 Å². The van der Waals surface area contributed by atoms with Gasteiger partial charge in [-0.3, -0.25) is 4.79 Å². The van der Waals surface area contributed by atoms with Crippen molar-refractivity contribution in [2.75, 3.05) is 19.6 Å². The summed E-state index contributed by atoms with van der Waals surface area (Å²) in [6.07, 6.45) is 19.9. The second kappa shape index (κ2) is 19.3. The number of carbonyl (C=O) groups is 2. The van der Waals surface area contributed by atoms with Crippen LogP contribution in [0.15, 0.2) is 0 Å². The quantitative estimate of drug-likeness (QED) is 0.116. The fourth-order valence-corrected chi connectivity index (χ4v) is 8.90. The maximum atomic E-state index is 12.7. The van der Waals surface area contributed by atoms with Gasteiger partial charge in [0, 0.05) is 44.1 Å². The lowest BCUT2D eigenvalue weighted by molar-refractivity contribution is -0.979. The molecule has 6 unspecified atom stereocenters. The molecule has 5 heteroatoms. The zero-order valence-corrected chi connectivity index (χ0v) is 28.9. The normalized spacial score (nSPS) is 28.1. The van der Waals surface area contributed by atoms with E-state index in [0.29, 0.717) is 65.0 Å². The molecule has 246 valence electrons. The number of carbonyl (C=O) groups excluding carboxylic acids is 2. The van der Waals surface area contributed by atoms with Gasteiger partial charge in [-0.25, -0.2) is 0 Å². The van der Waals surface area contributed by atoms with E-state index in [9.17, 15) is 14.7 Å². The van der Waals surface area contributed by atoms with Crippen LogP contribution in [0.5, 0.6) is 0 Å². The third-order valence-corrected chi connectivity index (χ3v) is 11.3. The van der Waals surface area contributed by atoms with Crippen LogP contribution in [0.2, 0.25) is 0 Å². The van der Waals surface area contributed by atoms with Gasteiger partial charge in [-0.2, -0.15) is 0 Å². The number of amides is 1. The number of quaternary nitrogens is 1. The van der Waals surface area contributed by atoms with Crippen LogP contribution < -0.4 is 10.4 Å². The molecular formula is C37H70N2O3. The van der Waals surface area contributed by atoms with Crippen LogP contribution in [0.3, 0.4) is 0 Å². The number of nitrogens with zero attached hydrogens (tertiary/aromatic N) is 1. The van der Waals surface area contributed by atoms with Crippen molar-refractivity contribution in [2.24, 2.45) is 35.5 Å². The predicted molar refractivity (Wildman–Crippen MR) is 175 cm³/mol. The summed E-state index contributed by atoms with van der Waals surface area (Å²) in [5, 5.41) is 15.8. The van der Waals surface area contributed by atoms with Crippen molar-refractivity contribution < 1.29 is 19.2 Å². The third kappa shape index (κ3) is 11.8. The molecule has 42 heavy (non-hydrogen) atoms. The van der Waals surface area contributed by atoms with Gasteiger partial charge in [-0.05, 0) is 55.8 Å². The molecule has 0 radical (unpaired) electrons. The Labute approximate surface area is 261 Å². The van der Waals surface area contributed by atoms with E-state index in [4.69, 9.17) is 0 Å². The van der Waals surface area contributed by atoms with Gasteiger partial charge in [0.05, 0.1) is 24.6 Å². The monoisotopic (exact) mass is 591 g/mol. The Morgan fingerprint density at radius 3 is 1.67 bits per heavy atom. The van der Waals surface area contributed by atoms with Crippen LogP contribution in [0, 0.1) is 35.5 Å². The summed E-state index contributed by atoms with van der Waals surface area (Å²) in [7, 11) is 0. The molecule has 0 aromatic rings. The van der Waals surface area contributed by atoms with Crippen LogP contribution >= 0.6 is 0 Å². The molecular weight excluding hydrogens is 520 g/mol. The molecule has 0 saturated heterocycles. The Bertz CT molecular complexity index is 734. The summed E-state index contributed by atoms with van der Waals surface area (Å²) in [6.45, 7) is 18.0. The molecule has 2 aliphatic rings. The number of hydrogen-bond acceptors (Lipinski definition) is 3. The van der Waals surface area contributed by atoms with E-state index in [1.54, 1.807) is 0 Å². The minimum atomic E-state index is -0.897. The predicted octanol–water partition coefficient (Wildman–Crippen LogP) is 7.90. The van der Waals surface area contributed by atoms with Crippen molar-refractivity contribution in [1.29, 1.82) is 0 Å². The second-order valence-electron chi connectivity index (χ2n) is 15.4. The molecule has 0 spiro atoms. The summed E-state index contributed by atoms with van der Waals surface area (Å²) in [4.78, 5) is 25.3. The highest BCUT2D eigenvalue weighted by atomic mass is 16.4. The molecule has 1 amide bonds. The van der Waals surface area contributed by atoms with E-state index < -0.39 is 5.97 Å². The maximum Gasteiger partial charge on any atom is 0.219 e. The molecule has 0 aromatic carbocycles. The number of unbranched alkanes of at least 4 members (excludes halogenated alkanes) is 8. The number of hydrogen-bond donors (Lipinski definition) is 1. The highest BCUT2D eigenvalue weighted by Gasteiger charge is 2.53. The fourth-order valence-electron chi connectivity index (χ4n) is 8.90. The van der Waals surface area contributed by atoms with Crippen LogP contribution in [0.25, 0.3) is 0 Å². The number of aliphatic carboxylic acids is 1.